The number of rotatable bonds is 6. The van der Waals surface area contributed by atoms with Crippen LogP contribution in [0.1, 0.15) is 26.3 Å². The second-order valence-corrected chi connectivity index (χ2v) is 4.61. The molecule has 1 N–H and O–H groups in total. The minimum absolute atomic E-state index is 0.0239. The molecule has 0 aliphatic rings. The normalized spacial score (nSPS) is 11.3. The van der Waals surface area contributed by atoms with Crippen molar-refractivity contribution in [2.45, 2.75) is 33.3 Å². The van der Waals surface area contributed by atoms with E-state index >= 15 is 0 Å². The third-order valence-electron chi connectivity index (χ3n) is 2.52. The summed E-state index contributed by atoms with van der Waals surface area (Å²) < 4.78 is 14.5. The Morgan fingerprint density at radius 3 is 2.00 bits per heavy atom. The first-order valence-electron chi connectivity index (χ1n) is 6.58. The van der Waals surface area contributed by atoms with Crippen LogP contribution in [0.5, 0.6) is 11.5 Å². The zero-order chi connectivity index (χ0) is 17.6. The van der Waals surface area contributed by atoms with Crippen LogP contribution in [-0.4, -0.2) is 35.1 Å². The highest BCUT2D eigenvalue weighted by molar-refractivity contribution is 5.77. The van der Waals surface area contributed by atoms with Gasteiger partial charge in [-0.05, 0) is 17.7 Å². The second-order valence-electron chi connectivity index (χ2n) is 4.61. The van der Waals surface area contributed by atoms with E-state index in [0.29, 0.717) is 5.56 Å². The summed E-state index contributed by atoms with van der Waals surface area (Å²) in [5, 5.41) is 9.04. The van der Waals surface area contributed by atoms with Crippen LogP contribution in [0.25, 0.3) is 0 Å². The molecule has 0 fully saturated rings. The molecule has 1 unspecified atom stereocenters. The smallest absolute Gasteiger partial charge is 0.345 e. The number of carbonyl (C=O) groups excluding carboxylic acids is 3. The zero-order valence-corrected chi connectivity index (χ0v) is 12.8. The average Bonchev–Trinajstić information content (AvgIpc) is 2.39. The predicted molar refractivity (Wildman–Crippen MR) is 76.0 cm³/mol. The molecule has 0 aliphatic carbocycles. The number of carboxylic acid groups (broad SMARTS) is 1. The lowest BCUT2D eigenvalue weighted by Crippen LogP contribution is -2.28. The number of carbonyl (C=O) groups is 4. The Morgan fingerprint density at radius 1 is 0.957 bits per heavy atom. The van der Waals surface area contributed by atoms with Gasteiger partial charge >= 0.3 is 23.9 Å². The van der Waals surface area contributed by atoms with Gasteiger partial charge in [-0.3, -0.25) is 14.4 Å². The van der Waals surface area contributed by atoms with E-state index in [-0.39, 0.29) is 17.9 Å². The van der Waals surface area contributed by atoms with Gasteiger partial charge in [-0.2, -0.15) is 0 Å². The first kappa shape index (κ1) is 18.1. The standard InChI is InChI=1S/C15H16O8/c1-8(16)21-12-5-4-11(6-13(12)22-9(2)17)7-14(15(19)20)23-10(3)18/h4-6,14H,7H2,1-3H3,(H,19,20). The quantitative estimate of drug-likeness (QED) is 0.610. The summed E-state index contributed by atoms with van der Waals surface area (Å²) in [6.45, 7) is 3.46. The van der Waals surface area contributed by atoms with Crippen molar-refractivity contribution in [2.24, 2.45) is 0 Å². The molecule has 0 spiro atoms. The summed E-state index contributed by atoms with van der Waals surface area (Å²) in [5.74, 6) is -3.28. The summed E-state index contributed by atoms with van der Waals surface area (Å²) in [6, 6.07) is 4.19. The summed E-state index contributed by atoms with van der Waals surface area (Å²) >= 11 is 0. The Balaban J connectivity index is 3.07. The van der Waals surface area contributed by atoms with Crippen LogP contribution in [0.3, 0.4) is 0 Å². The predicted octanol–water partition coefficient (Wildman–Crippen LogP) is 1.10. The minimum Gasteiger partial charge on any atom is -0.478 e. The van der Waals surface area contributed by atoms with Gasteiger partial charge in [-0.25, -0.2) is 4.79 Å². The van der Waals surface area contributed by atoms with Crippen molar-refractivity contribution < 1.29 is 38.5 Å². The molecule has 1 rings (SSSR count). The fourth-order valence-corrected chi connectivity index (χ4v) is 1.75. The molecule has 1 aromatic rings. The summed E-state index contributed by atoms with van der Waals surface area (Å²) in [7, 11) is 0. The van der Waals surface area contributed by atoms with E-state index in [2.05, 4.69) is 0 Å². The first-order chi connectivity index (χ1) is 10.7. The fourth-order valence-electron chi connectivity index (χ4n) is 1.75. The molecule has 0 aliphatic heterocycles. The number of carboxylic acids is 1. The third-order valence-corrected chi connectivity index (χ3v) is 2.52. The molecule has 8 heteroatoms. The SMILES string of the molecule is CC(=O)Oc1ccc(CC(OC(C)=O)C(=O)O)cc1OC(C)=O. The minimum atomic E-state index is -1.38. The Kier molecular flexibility index (Phi) is 6.25. The molecule has 0 bridgehead atoms. The van der Waals surface area contributed by atoms with Gasteiger partial charge in [-0.1, -0.05) is 6.07 Å². The number of benzene rings is 1. The van der Waals surface area contributed by atoms with Crippen molar-refractivity contribution in [3.63, 3.8) is 0 Å². The van der Waals surface area contributed by atoms with Crippen LogP contribution in [0.15, 0.2) is 18.2 Å². The molecule has 0 aromatic heterocycles. The third kappa shape index (κ3) is 6.16. The van der Waals surface area contributed by atoms with Crippen LogP contribution in [0.4, 0.5) is 0 Å². The van der Waals surface area contributed by atoms with Gasteiger partial charge in [-0.15, -0.1) is 0 Å². The highest BCUT2D eigenvalue weighted by Crippen LogP contribution is 2.29. The van der Waals surface area contributed by atoms with Crippen molar-refractivity contribution in [2.75, 3.05) is 0 Å². The van der Waals surface area contributed by atoms with Gasteiger partial charge in [0.15, 0.2) is 11.5 Å². The van der Waals surface area contributed by atoms with Gasteiger partial charge in [0.1, 0.15) is 0 Å². The van der Waals surface area contributed by atoms with Crippen molar-refractivity contribution in [3.05, 3.63) is 23.8 Å². The lowest BCUT2D eigenvalue weighted by Gasteiger charge is -2.14. The number of ether oxygens (including phenoxy) is 3. The monoisotopic (exact) mass is 324 g/mol. The summed E-state index contributed by atoms with van der Waals surface area (Å²) in [4.78, 5) is 44.1. The van der Waals surface area contributed by atoms with E-state index in [1.807, 2.05) is 0 Å². The Labute approximate surface area is 131 Å². The molecule has 124 valence electrons. The molecule has 0 radical (unpaired) electrons. The van der Waals surface area contributed by atoms with E-state index in [4.69, 9.17) is 19.3 Å². The van der Waals surface area contributed by atoms with E-state index in [1.54, 1.807) is 0 Å². The Bertz CT molecular complexity index is 634. The number of esters is 3. The van der Waals surface area contributed by atoms with Crippen molar-refractivity contribution in [1.29, 1.82) is 0 Å². The molecule has 0 amide bonds. The van der Waals surface area contributed by atoms with Crippen molar-refractivity contribution in [1.82, 2.24) is 0 Å². The molecule has 1 atom stereocenters. The molecule has 0 saturated heterocycles. The molecule has 0 heterocycles. The van der Waals surface area contributed by atoms with E-state index in [1.165, 1.54) is 32.0 Å². The van der Waals surface area contributed by atoms with Crippen molar-refractivity contribution in [3.8, 4) is 11.5 Å². The molecular formula is C15H16O8. The highest BCUT2D eigenvalue weighted by Gasteiger charge is 2.22. The molecular weight excluding hydrogens is 308 g/mol. The maximum Gasteiger partial charge on any atom is 0.345 e. The van der Waals surface area contributed by atoms with Crippen LogP contribution < -0.4 is 9.47 Å². The van der Waals surface area contributed by atoms with E-state index in [9.17, 15) is 19.2 Å². The maximum absolute atomic E-state index is 11.1. The Morgan fingerprint density at radius 2 is 1.52 bits per heavy atom. The molecule has 1 aromatic carbocycles. The Hall–Kier alpha value is -2.90. The van der Waals surface area contributed by atoms with E-state index in [0.717, 1.165) is 6.92 Å². The maximum atomic E-state index is 11.1. The van der Waals surface area contributed by atoms with Crippen molar-refractivity contribution >= 4 is 23.9 Å². The van der Waals surface area contributed by atoms with Gasteiger partial charge < -0.3 is 19.3 Å². The highest BCUT2D eigenvalue weighted by atomic mass is 16.6. The second kappa shape index (κ2) is 7.92. The van der Waals surface area contributed by atoms with Gasteiger partial charge in [0, 0.05) is 27.2 Å². The summed E-state index contributed by atoms with van der Waals surface area (Å²) in [6.07, 6.45) is -1.51. The summed E-state index contributed by atoms with van der Waals surface area (Å²) in [5.41, 5.74) is 0.422. The largest absolute Gasteiger partial charge is 0.478 e. The average molecular weight is 324 g/mol. The zero-order valence-electron chi connectivity index (χ0n) is 12.8. The lowest BCUT2D eigenvalue weighted by molar-refractivity contribution is -0.162. The van der Waals surface area contributed by atoms with Crippen LogP contribution in [0, 0.1) is 0 Å². The topological polar surface area (TPSA) is 116 Å². The molecule has 23 heavy (non-hydrogen) atoms. The van der Waals surface area contributed by atoms with Gasteiger partial charge in [0.25, 0.3) is 0 Å². The number of hydrogen-bond acceptors (Lipinski definition) is 7. The van der Waals surface area contributed by atoms with Crippen LogP contribution in [0.2, 0.25) is 0 Å². The van der Waals surface area contributed by atoms with E-state index < -0.39 is 30.0 Å². The number of aliphatic carboxylic acids is 1. The first-order valence-corrected chi connectivity index (χ1v) is 6.58. The van der Waals surface area contributed by atoms with Crippen LogP contribution >= 0.6 is 0 Å². The van der Waals surface area contributed by atoms with Gasteiger partial charge in [0.05, 0.1) is 0 Å². The molecule has 0 saturated carbocycles. The number of hydrogen-bond donors (Lipinski definition) is 1. The lowest BCUT2D eigenvalue weighted by atomic mass is 10.1. The van der Waals surface area contributed by atoms with Gasteiger partial charge in [0.2, 0.25) is 6.10 Å². The fraction of sp³-hybridized carbons (Fsp3) is 0.333. The van der Waals surface area contributed by atoms with Crippen LogP contribution in [-0.2, 0) is 30.3 Å². The molecule has 8 nitrogen and oxygen atoms in total.